The van der Waals surface area contributed by atoms with E-state index >= 15 is 0 Å². The van der Waals surface area contributed by atoms with Crippen molar-refractivity contribution in [2.24, 2.45) is 11.7 Å². The zero-order valence-corrected chi connectivity index (χ0v) is 13.8. The van der Waals surface area contributed by atoms with Crippen molar-refractivity contribution < 1.29 is 9.59 Å². The second-order valence-electron chi connectivity index (χ2n) is 6.30. The summed E-state index contributed by atoms with van der Waals surface area (Å²) >= 11 is 1.53. The van der Waals surface area contributed by atoms with E-state index in [1.807, 2.05) is 28.9 Å². The molecule has 2 amide bonds. The summed E-state index contributed by atoms with van der Waals surface area (Å²) in [5.74, 6) is 0.414. The van der Waals surface area contributed by atoms with Crippen molar-refractivity contribution in [3.8, 4) is 0 Å². The van der Waals surface area contributed by atoms with Crippen molar-refractivity contribution in [2.75, 3.05) is 26.2 Å². The molecule has 2 unspecified atom stereocenters. The van der Waals surface area contributed by atoms with Gasteiger partial charge in [0.2, 0.25) is 5.91 Å². The van der Waals surface area contributed by atoms with Gasteiger partial charge in [-0.15, -0.1) is 11.3 Å². The molecular weight excluding hydrogens is 298 g/mol. The molecule has 2 fully saturated rings. The van der Waals surface area contributed by atoms with Gasteiger partial charge in [-0.25, -0.2) is 0 Å². The molecule has 0 radical (unpaired) electrons. The Hall–Kier alpha value is -1.40. The number of carbonyl (C=O) groups excluding carboxylic acids is 2. The summed E-state index contributed by atoms with van der Waals surface area (Å²) in [6, 6.07) is 4.04. The van der Waals surface area contributed by atoms with Crippen LogP contribution in [-0.2, 0) is 4.79 Å². The van der Waals surface area contributed by atoms with Gasteiger partial charge in [-0.2, -0.15) is 0 Å². The highest BCUT2D eigenvalue weighted by Crippen LogP contribution is 2.26. The Morgan fingerprint density at radius 3 is 2.36 bits per heavy atom. The second-order valence-corrected chi connectivity index (χ2v) is 7.59. The minimum Gasteiger partial charge on any atom is -0.339 e. The molecule has 2 N–H and O–H groups in total. The Kier molecular flexibility index (Phi) is 4.49. The first-order chi connectivity index (χ1) is 10.5. The SMILES string of the molecule is Cc1ccc(C(=O)N2CCN(C(=O)C3CCC(N)C3)CC2)s1. The number of carbonyl (C=O) groups is 2. The number of thiophene rings is 1. The third kappa shape index (κ3) is 3.17. The highest BCUT2D eigenvalue weighted by Gasteiger charge is 2.33. The average molecular weight is 321 g/mol. The maximum absolute atomic E-state index is 12.5. The van der Waals surface area contributed by atoms with E-state index in [1.54, 1.807) is 0 Å². The van der Waals surface area contributed by atoms with Crippen molar-refractivity contribution >= 4 is 23.2 Å². The third-order valence-corrected chi connectivity index (χ3v) is 5.64. The zero-order valence-electron chi connectivity index (χ0n) is 13.0. The van der Waals surface area contributed by atoms with Crippen LogP contribution in [0.1, 0.15) is 33.8 Å². The standard InChI is InChI=1S/C16H23N3O2S/c1-11-2-5-14(22-11)16(21)19-8-6-18(7-9-19)15(20)12-3-4-13(17)10-12/h2,5,12-13H,3-4,6-10,17H2,1H3. The first kappa shape index (κ1) is 15.5. The number of rotatable bonds is 2. The maximum atomic E-state index is 12.5. The summed E-state index contributed by atoms with van der Waals surface area (Å²) in [7, 11) is 0. The van der Waals surface area contributed by atoms with Crippen molar-refractivity contribution in [3.63, 3.8) is 0 Å². The van der Waals surface area contributed by atoms with Crippen molar-refractivity contribution in [3.05, 3.63) is 21.9 Å². The minimum atomic E-state index is 0.0908. The molecule has 1 saturated carbocycles. The first-order valence-corrected chi connectivity index (χ1v) is 8.76. The fraction of sp³-hybridized carbons (Fsp3) is 0.625. The van der Waals surface area contributed by atoms with Crippen LogP contribution in [0.25, 0.3) is 0 Å². The van der Waals surface area contributed by atoms with Gasteiger partial charge in [0.1, 0.15) is 0 Å². The van der Waals surface area contributed by atoms with Gasteiger partial charge in [0, 0.05) is 43.0 Å². The monoisotopic (exact) mass is 321 g/mol. The molecule has 0 aromatic carbocycles. The summed E-state index contributed by atoms with van der Waals surface area (Å²) in [4.78, 5) is 30.6. The molecule has 2 aliphatic rings. The molecule has 6 heteroatoms. The largest absolute Gasteiger partial charge is 0.339 e. The lowest BCUT2D eigenvalue weighted by atomic mass is 10.1. The highest BCUT2D eigenvalue weighted by molar-refractivity contribution is 7.13. The Morgan fingerprint density at radius 1 is 1.14 bits per heavy atom. The number of nitrogens with zero attached hydrogens (tertiary/aromatic N) is 2. The van der Waals surface area contributed by atoms with Gasteiger partial charge in [0.05, 0.1) is 4.88 Å². The molecule has 2 atom stereocenters. The molecule has 1 aliphatic carbocycles. The fourth-order valence-corrected chi connectivity index (χ4v) is 4.17. The number of aryl methyl sites for hydroxylation is 1. The van der Waals surface area contributed by atoms with E-state index in [0.29, 0.717) is 26.2 Å². The molecule has 1 aromatic heterocycles. The molecule has 2 heterocycles. The molecule has 1 aliphatic heterocycles. The molecule has 120 valence electrons. The van der Waals surface area contributed by atoms with E-state index in [2.05, 4.69) is 0 Å². The molecule has 1 aromatic rings. The Balaban J connectivity index is 1.54. The lowest BCUT2D eigenvalue weighted by Crippen LogP contribution is -2.51. The summed E-state index contributed by atoms with van der Waals surface area (Å²) in [5, 5.41) is 0. The average Bonchev–Trinajstić information content (AvgIpc) is 3.14. The van der Waals surface area contributed by atoms with E-state index in [9.17, 15) is 9.59 Å². The maximum Gasteiger partial charge on any atom is 0.264 e. The van der Waals surface area contributed by atoms with Crippen LogP contribution < -0.4 is 5.73 Å². The quantitative estimate of drug-likeness (QED) is 0.897. The number of hydrogen-bond donors (Lipinski definition) is 1. The molecular formula is C16H23N3O2S. The number of piperazine rings is 1. The smallest absolute Gasteiger partial charge is 0.264 e. The fourth-order valence-electron chi connectivity index (χ4n) is 3.33. The summed E-state index contributed by atoms with van der Waals surface area (Å²) < 4.78 is 0. The zero-order chi connectivity index (χ0) is 15.7. The van der Waals surface area contributed by atoms with E-state index in [1.165, 1.54) is 11.3 Å². The van der Waals surface area contributed by atoms with Crippen LogP contribution in [-0.4, -0.2) is 53.8 Å². The predicted octanol–water partition coefficient (Wildman–Crippen LogP) is 1.47. The van der Waals surface area contributed by atoms with Crippen LogP contribution in [0.3, 0.4) is 0 Å². The van der Waals surface area contributed by atoms with Gasteiger partial charge in [0.25, 0.3) is 5.91 Å². The van der Waals surface area contributed by atoms with Crippen LogP contribution in [0.15, 0.2) is 12.1 Å². The van der Waals surface area contributed by atoms with Gasteiger partial charge >= 0.3 is 0 Å². The van der Waals surface area contributed by atoms with E-state index in [0.717, 1.165) is 29.0 Å². The molecule has 1 saturated heterocycles. The van der Waals surface area contributed by atoms with Gasteiger partial charge in [-0.05, 0) is 38.3 Å². The summed E-state index contributed by atoms with van der Waals surface area (Å²) in [6.45, 7) is 4.53. The third-order valence-electron chi connectivity index (χ3n) is 4.65. The molecule has 0 spiro atoms. The van der Waals surface area contributed by atoms with Gasteiger partial charge in [-0.3, -0.25) is 9.59 Å². The predicted molar refractivity (Wildman–Crippen MR) is 86.9 cm³/mol. The molecule has 5 nitrogen and oxygen atoms in total. The van der Waals surface area contributed by atoms with Crippen LogP contribution in [0.5, 0.6) is 0 Å². The number of amides is 2. The molecule has 22 heavy (non-hydrogen) atoms. The molecule has 3 rings (SSSR count). The topological polar surface area (TPSA) is 66.6 Å². The van der Waals surface area contributed by atoms with Crippen LogP contribution in [0.2, 0.25) is 0 Å². The highest BCUT2D eigenvalue weighted by atomic mass is 32.1. The Bertz CT molecular complexity index is 563. The Labute approximate surface area is 135 Å². The van der Waals surface area contributed by atoms with Crippen LogP contribution >= 0.6 is 11.3 Å². The number of nitrogens with two attached hydrogens (primary N) is 1. The van der Waals surface area contributed by atoms with Gasteiger partial charge in [0.15, 0.2) is 0 Å². The van der Waals surface area contributed by atoms with E-state index < -0.39 is 0 Å². The minimum absolute atomic E-state index is 0.0908. The van der Waals surface area contributed by atoms with Crippen molar-refractivity contribution in [1.29, 1.82) is 0 Å². The van der Waals surface area contributed by atoms with Gasteiger partial charge < -0.3 is 15.5 Å². The van der Waals surface area contributed by atoms with E-state index in [-0.39, 0.29) is 23.8 Å². The van der Waals surface area contributed by atoms with Gasteiger partial charge in [-0.1, -0.05) is 0 Å². The lowest BCUT2D eigenvalue weighted by molar-refractivity contribution is -0.136. The van der Waals surface area contributed by atoms with Crippen molar-refractivity contribution in [1.82, 2.24) is 9.80 Å². The van der Waals surface area contributed by atoms with Crippen molar-refractivity contribution in [2.45, 2.75) is 32.2 Å². The number of hydrogen-bond acceptors (Lipinski definition) is 4. The second kappa shape index (κ2) is 6.38. The Morgan fingerprint density at radius 2 is 1.82 bits per heavy atom. The lowest BCUT2D eigenvalue weighted by Gasteiger charge is -2.35. The summed E-state index contributed by atoms with van der Waals surface area (Å²) in [5.41, 5.74) is 5.90. The van der Waals surface area contributed by atoms with Crippen LogP contribution in [0, 0.1) is 12.8 Å². The normalized spacial score (nSPS) is 25.5. The summed E-state index contributed by atoms with van der Waals surface area (Å²) in [6.07, 6.45) is 2.67. The van der Waals surface area contributed by atoms with E-state index in [4.69, 9.17) is 5.73 Å². The first-order valence-electron chi connectivity index (χ1n) is 7.94. The molecule has 0 bridgehead atoms. The van der Waals surface area contributed by atoms with Crippen LogP contribution in [0.4, 0.5) is 0 Å².